The number of hydrogen-bond acceptors (Lipinski definition) is 8. The Hall–Kier alpha value is -4.41. The van der Waals surface area contributed by atoms with Crippen LogP contribution in [0.15, 0.2) is 60.3 Å². The van der Waals surface area contributed by atoms with Crippen molar-refractivity contribution >= 4 is 61.4 Å². The Kier molecular flexibility index (Phi) is 7.12. The lowest BCUT2D eigenvalue weighted by Crippen LogP contribution is -2.29. The van der Waals surface area contributed by atoms with E-state index >= 15 is 0 Å². The molecule has 5 aromatic rings. The lowest BCUT2D eigenvalue weighted by atomic mass is 9.96. The molecule has 0 radical (unpaired) electrons. The summed E-state index contributed by atoms with van der Waals surface area (Å²) in [4.78, 5) is 38.2. The van der Waals surface area contributed by atoms with Crippen molar-refractivity contribution < 1.29 is 24.2 Å². The summed E-state index contributed by atoms with van der Waals surface area (Å²) in [5.41, 5.74) is 3.48. The molecule has 1 aliphatic heterocycles. The molecule has 0 bridgehead atoms. The molecule has 2 aromatic carbocycles. The van der Waals surface area contributed by atoms with Gasteiger partial charge in [0.05, 0.1) is 40.7 Å². The van der Waals surface area contributed by atoms with Gasteiger partial charge in [0.25, 0.3) is 5.78 Å². The molecule has 1 saturated heterocycles. The highest BCUT2D eigenvalue weighted by molar-refractivity contribution is 7.22. The first kappa shape index (κ1) is 27.7. The van der Waals surface area contributed by atoms with Crippen LogP contribution in [0.5, 0.6) is 11.5 Å². The lowest BCUT2D eigenvalue weighted by Gasteiger charge is -2.24. The van der Waals surface area contributed by atoms with Gasteiger partial charge in [0.15, 0.2) is 22.4 Å². The standard InChI is InChI=1S/C31H27ClN4O5S/c1-5-40-21-12-9-18(14-22(21)41-6-2)26-24(27(37)25-17(4)35-13-7-8-16(3)29(35)34-25)28(38)30(39)36(26)31-33-20-11-10-19(32)15-23(20)42-31/h7-15,26,37H,5-6H2,1-4H3. The normalized spacial score (nSPS) is 16.6. The quantitative estimate of drug-likeness (QED) is 0.126. The third kappa shape index (κ3) is 4.47. The molecule has 1 fully saturated rings. The van der Waals surface area contributed by atoms with Crippen molar-refractivity contribution in [3.63, 3.8) is 0 Å². The molecule has 1 atom stereocenters. The van der Waals surface area contributed by atoms with Gasteiger partial charge in [-0.2, -0.15) is 0 Å². The average molecular weight is 603 g/mol. The number of ether oxygens (including phenoxy) is 2. The van der Waals surface area contributed by atoms with E-state index in [-0.39, 0.29) is 17.0 Å². The number of halogens is 1. The van der Waals surface area contributed by atoms with Crippen molar-refractivity contribution in [1.29, 1.82) is 0 Å². The second-order valence-electron chi connectivity index (χ2n) is 9.78. The highest BCUT2D eigenvalue weighted by Gasteiger charge is 2.49. The zero-order valence-electron chi connectivity index (χ0n) is 23.3. The molecule has 11 heteroatoms. The number of amides is 1. The van der Waals surface area contributed by atoms with Crippen molar-refractivity contribution in [1.82, 2.24) is 14.4 Å². The summed E-state index contributed by atoms with van der Waals surface area (Å²) >= 11 is 7.45. The minimum absolute atomic E-state index is 0.0898. The number of aryl methyl sites for hydroxylation is 2. The van der Waals surface area contributed by atoms with E-state index in [9.17, 15) is 14.7 Å². The van der Waals surface area contributed by atoms with Gasteiger partial charge in [0, 0.05) is 11.2 Å². The second-order valence-corrected chi connectivity index (χ2v) is 11.2. The highest BCUT2D eigenvalue weighted by atomic mass is 35.5. The van der Waals surface area contributed by atoms with Crippen molar-refractivity contribution in [2.45, 2.75) is 33.7 Å². The van der Waals surface area contributed by atoms with Gasteiger partial charge in [-0.05, 0) is 75.2 Å². The lowest BCUT2D eigenvalue weighted by molar-refractivity contribution is -0.132. The summed E-state index contributed by atoms with van der Waals surface area (Å²) in [5.74, 6) is -1.03. The number of ketones is 1. The van der Waals surface area contributed by atoms with Crippen molar-refractivity contribution in [3.05, 3.63) is 87.8 Å². The minimum Gasteiger partial charge on any atom is -0.505 e. The Morgan fingerprint density at radius 2 is 1.79 bits per heavy atom. The maximum Gasteiger partial charge on any atom is 0.301 e. The topological polar surface area (TPSA) is 106 Å². The van der Waals surface area contributed by atoms with Crippen LogP contribution in [0.1, 0.15) is 42.4 Å². The van der Waals surface area contributed by atoms with E-state index in [1.54, 1.807) is 43.3 Å². The third-order valence-electron chi connectivity index (χ3n) is 7.18. The van der Waals surface area contributed by atoms with Crippen molar-refractivity contribution in [2.75, 3.05) is 18.1 Å². The Labute approximate surface area is 250 Å². The van der Waals surface area contributed by atoms with Crippen molar-refractivity contribution in [3.8, 4) is 11.5 Å². The predicted octanol–water partition coefficient (Wildman–Crippen LogP) is 6.64. The molecule has 0 spiro atoms. The van der Waals surface area contributed by atoms with Crippen LogP contribution in [0.2, 0.25) is 5.02 Å². The molecule has 1 aliphatic rings. The van der Waals surface area contributed by atoms with E-state index in [1.807, 2.05) is 43.5 Å². The van der Waals surface area contributed by atoms with E-state index in [0.29, 0.717) is 57.3 Å². The molecule has 3 aromatic heterocycles. The van der Waals surface area contributed by atoms with Gasteiger partial charge in [0.2, 0.25) is 0 Å². The fraction of sp³-hybridized carbons (Fsp3) is 0.226. The largest absolute Gasteiger partial charge is 0.505 e. The Bertz CT molecular complexity index is 1930. The predicted molar refractivity (Wildman–Crippen MR) is 163 cm³/mol. The molecule has 0 saturated carbocycles. The van der Waals surface area contributed by atoms with Crippen LogP contribution in [0.4, 0.5) is 5.13 Å². The molecule has 4 heterocycles. The zero-order chi connectivity index (χ0) is 29.7. The third-order valence-corrected chi connectivity index (χ3v) is 8.43. The van der Waals surface area contributed by atoms with Crippen LogP contribution in [0.25, 0.3) is 21.6 Å². The number of fused-ring (bicyclic) bond motifs is 2. The summed E-state index contributed by atoms with van der Waals surface area (Å²) < 4.78 is 14.2. The van der Waals surface area contributed by atoms with Crippen LogP contribution in [0.3, 0.4) is 0 Å². The number of aromatic nitrogens is 3. The van der Waals surface area contributed by atoms with E-state index in [2.05, 4.69) is 9.97 Å². The molecule has 214 valence electrons. The first-order valence-electron chi connectivity index (χ1n) is 13.4. The Balaban J connectivity index is 1.60. The smallest absolute Gasteiger partial charge is 0.301 e. The van der Waals surface area contributed by atoms with Gasteiger partial charge >= 0.3 is 5.91 Å². The van der Waals surface area contributed by atoms with Gasteiger partial charge in [-0.3, -0.25) is 14.5 Å². The van der Waals surface area contributed by atoms with Crippen LogP contribution < -0.4 is 14.4 Å². The number of nitrogens with zero attached hydrogens (tertiary/aromatic N) is 4. The summed E-state index contributed by atoms with van der Waals surface area (Å²) in [6.07, 6.45) is 1.84. The Morgan fingerprint density at radius 3 is 2.52 bits per heavy atom. The van der Waals surface area contributed by atoms with Gasteiger partial charge in [-0.1, -0.05) is 35.1 Å². The zero-order valence-corrected chi connectivity index (χ0v) is 24.9. The molecule has 1 amide bonds. The number of benzene rings is 2. The fourth-order valence-electron chi connectivity index (χ4n) is 5.25. The number of rotatable bonds is 7. The van der Waals surface area contributed by atoms with E-state index in [4.69, 9.17) is 21.1 Å². The van der Waals surface area contributed by atoms with Crippen LogP contribution in [0, 0.1) is 13.8 Å². The van der Waals surface area contributed by atoms with Crippen LogP contribution in [-0.2, 0) is 9.59 Å². The van der Waals surface area contributed by atoms with E-state index < -0.39 is 17.7 Å². The molecular weight excluding hydrogens is 576 g/mol. The SMILES string of the molecule is CCOc1ccc(C2C(=C(O)c3nc4c(C)cccn4c3C)C(=O)C(=O)N2c2nc3ccc(Cl)cc3s2)cc1OCC. The molecular formula is C31H27ClN4O5S. The summed E-state index contributed by atoms with van der Waals surface area (Å²) in [6.45, 7) is 8.26. The maximum absolute atomic E-state index is 13.8. The number of carbonyl (C=O) groups excluding carboxylic acids is 2. The molecule has 9 nitrogen and oxygen atoms in total. The van der Waals surface area contributed by atoms with Gasteiger partial charge in [0.1, 0.15) is 11.3 Å². The molecule has 1 unspecified atom stereocenters. The number of aliphatic hydroxyl groups is 1. The van der Waals surface area contributed by atoms with Gasteiger partial charge in [-0.25, -0.2) is 9.97 Å². The first-order chi connectivity index (χ1) is 20.2. The molecule has 0 aliphatic carbocycles. The van der Waals surface area contributed by atoms with Crippen LogP contribution >= 0.6 is 22.9 Å². The summed E-state index contributed by atoms with van der Waals surface area (Å²) in [7, 11) is 0. The number of anilines is 1. The average Bonchev–Trinajstić information content (AvgIpc) is 3.62. The first-order valence-corrected chi connectivity index (χ1v) is 14.6. The van der Waals surface area contributed by atoms with Gasteiger partial charge < -0.3 is 19.0 Å². The van der Waals surface area contributed by atoms with E-state index in [1.165, 1.54) is 16.2 Å². The Morgan fingerprint density at radius 1 is 1.02 bits per heavy atom. The fourth-order valence-corrected chi connectivity index (χ4v) is 6.51. The number of imidazole rings is 1. The summed E-state index contributed by atoms with van der Waals surface area (Å²) in [5, 5.41) is 12.6. The number of thiazole rings is 1. The molecule has 1 N–H and O–H groups in total. The minimum atomic E-state index is -1.01. The number of carbonyl (C=O) groups is 2. The molecule has 6 rings (SSSR count). The number of Topliss-reactive ketones (excluding diaryl/α,β-unsaturated/α-hetero) is 1. The second kappa shape index (κ2) is 10.8. The number of pyridine rings is 1. The highest BCUT2D eigenvalue weighted by Crippen LogP contribution is 2.46. The van der Waals surface area contributed by atoms with E-state index in [0.717, 1.165) is 10.3 Å². The summed E-state index contributed by atoms with van der Waals surface area (Å²) in [6, 6.07) is 13.3. The molecule has 42 heavy (non-hydrogen) atoms. The van der Waals surface area contributed by atoms with Crippen molar-refractivity contribution in [2.24, 2.45) is 0 Å². The van der Waals surface area contributed by atoms with Gasteiger partial charge in [-0.15, -0.1) is 0 Å². The number of hydrogen-bond donors (Lipinski definition) is 1. The monoisotopic (exact) mass is 602 g/mol. The van der Waals surface area contributed by atoms with Crippen LogP contribution in [-0.4, -0.2) is 44.4 Å². The maximum atomic E-state index is 13.8. The number of aliphatic hydroxyl groups excluding tert-OH is 1.